The van der Waals surface area contributed by atoms with Gasteiger partial charge in [-0.2, -0.15) is 0 Å². The Hall–Kier alpha value is -1.27. The Kier molecular flexibility index (Phi) is 4.70. The standard InChI is InChI=1S/C20H27ClN2O3S/c1-13-3-4-17(8-18(13)21)23(27(2,25)26)12-19(24)22-20-9-14-5-15(10-20)7-16(6-14)11-20/h3-4,8,14-16H,5-7,9-12H2,1-2H3,(H,22,24). The van der Waals surface area contributed by atoms with Crippen molar-refractivity contribution in [3.05, 3.63) is 28.8 Å². The summed E-state index contributed by atoms with van der Waals surface area (Å²) in [5.41, 5.74) is 1.17. The lowest BCUT2D eigenvalue weighted by atomic mass is 9.53. The minimum absolute atomic E-state index is 0.125. The lowest BCUT2D eigenvalue weighted by Crippen LogP contribution is -2.61. The van der Waals surface area contributed by atoms with Crippen LogP contribution in [0, 0.1) is 24.7 Å². The van der Waals surface area contributed by atoms with Crippen molar-refractivity contribution >= 4 is 33.2 Å². The van der Waals surface area contributed by atoms with Gasteiger partial charge in [-0.1, -0.05) is 17.7 Å². The zero-order chi connectivity index (χ0) is 19.4. The fourth-order valence-corrected chi connectivity index (χ4v) is 6.89. The summed E-state index contributed by atoms with van der Waals surface area (Å²) in [6.07, 6.45) is 8.14. The number of nitrogens with zero attached hydrogens (tertiary/aromatic N) is 1. The fraction of sp³-hybridized carbons (Fsp3) is 0.650. The third-order valence-corrected chi connectivity index (χ3v) is 8.12. The van der Waals surface area contributed by atoms with Gasteiger partial charge in [-0.05, 0) is 80.9 Å². The van der Waals surface area contributed by atoms with Crippen molar-refractivity contribution in [1.29, 1.82) is 0 Å². The molecule has 5 rings (SSSR count). The average Bonchev–Trinajstić information content (AvgIpc) is 2.52. The van der Waals surface area contributed by atoms with Crippen molar-refractivity contribution in [3.63, 3.8) is 0 Å². The highest BCUT2D eigenvalue weighted by molar-refractivity contribution is 7.92. The first-order valence-electron chi connectivity index (χ1n) is 9.68. The van der Waals surface area contributed by atoms with Crippen molar-refractivity contribution < 1.29 is 13.2 Å². The van der Waals surface area contributed by atoms with E-state index in [2.05, 4.69) is 5.32 Å². The maximum Gasteiger partial charge on any atom is 0.241 e. The molecular weight excluding hydrogens is 384 g/mol. The number of benzene rings is 1. The third-order valence-electron chi connectivity index (χ3n) is 6.57. The molecule has 0 aliphatic heterocycles. The molecule has 0 spiro atoms. The maximum atomic E-state index is 12.9. The molecule has 0 saturated heterocycles. The molecule has 0 radical (unpaired) electrons. The van der Waals surface area contributed by atoms with Gasteiger partial charge in [0.05, 0.1) is 11.9 Å². The number of nitrogens with one attached hydrogen (secondary N) is 1. The second kappa shape index (κ2) is 6.66. The van der Waals surface area contributed by atoms with Crippen LogP contribution in [-0.2, 0) is 14.8 Å². The molecule has 1 N–H and O–H groups in total. The van der Waals surface area contributed by atoms with Crippen LogP contribution < -0.4 is 9.62 Å². The Balaban J connectivity index is 1.52. The molecule has 1 amide bonds. The van der Waals surface area contributed by atoms with Gasteiger partial charge in [0.2, 0.25) is 15.9 Å². The zero-order valence-electron chi connectivity index (χ0n) is 15.9. The summed E-state index contributed by atoms with van der Waals surface area (Å²) in [5.74, 6) is 1.94. The average molecular weight is 411 g/mol. The molecule has 7 heteroatoms. The first-order valence-corrected chi connectivity index (χ1v) is 11.9. The summed E-state index contributed by atoms with van der Waals surface area (Å²) in [7, 11) is -3.59. The minimum atomic E-state index is -3.59. The first-order chi connectivity index (χ1) is 12.6. The quantitative estimate of drug-likeness (QED) is 0.807. The van der Waals surface area contributed by atoms with Crippen LogP contribution in [-0.4, -0.2) is 32.7 Å². The predicted molar refractivity (Wildman–Crippen MR) is 107 cm³/mol. The van der Waals surface area contributed by atoms with Crippen molar-refractivity contribution in [2.24, 2.45) is 17.8 Å². The maximum absolute atomic E-state index is 12.9. The second-order valence-corrected chi connectivity index (χ2v) is 11.3. The molecule has 4 aliphatic rings. The third kappa shape index (κ3) is 3.83. The summed E-state index contributed by atoms with van der Waals surface area (Å²) < 4.78 is 25.8. The van der Waals surface area contributed by atoms with Crippen molar-refractivity contribution in [3.8, 4) is 0 Å². The van der Waals surface area contributed by atoms with Crippen LogP contribution in [0.25, 0.3) is 0 Å². The van der Waals surface area contributed by atoms with Gasteiger partial charge in [0.1, 0.15) is 6.54 Å². The van der Waals surface area contributed by atoms with Crippen LogP contribution in [0.15, 0.2) is 18.2 Å². The van der Waals surface area contributed by atoms with Gasteiger partial charge in [-0.3, -0.25) is 9.10 Å². The molecule has 0 heterocycles. The molecular formula is C20H27ClN2O3S. The number of hydrogen-bond acceptors (Lipinski definition) is 3. The van der Waals surface area contributed by atoms with Gasteiger partial charge in [0.15, 0.2) is 0 Å². The molecule has 148 valence electrons. The normalized spacial score (nSPS) is 31.7. The van der Waals surface area contributed by atoms with E-state index in [1.54, 1.807) is 18.2 Å². The zero-order valence-corrected chi connectivity index (χ0v) is 17.4. The summed E-state index contributed by atoms with van der Waals surface area (Å²) in [6, 6.07) is 5.07. The molecule has 4 bridgehead atoms. The smallest absolute Gasteiger partial charge is 0.241 e. The highest BCUT2D eigenvalue weighted by Crippen LogP contribution is 2.55. The summed E-state index contributed by atoms with van der Waals surface area (Å²) in [4.78, 5) is 12.9. The predicted octanol–water partition coefficient (Wildman–Crippen LogP) is 3.50. The van der Waals surface area contributed by atoms with Crippen LogP contribution >= 0.6 is 11.6 Å². The second-order valence-electron chi connectivity index (χ2n) is 8.95. The van der Waals surface area contributed by atoms with E-state index in [4.69, 9.17) is 11.6 Å². The molecule has 4 aliphatic carbocycles. The molecule has 1 aromatic rings. The molecule has 0 atom stereocenters. The number of rotatable bonds is 5. The highest BCUT2D eigenvalue weighted by atomic mass is 35.5. The SMILES string of the molecule is Cc1ccc(N(CC(=O)NC23CC4CC(CC(C4)C2)C3)S(C)(=O)=O)cc1Cl. The Morgan fingerprint density at radius 1 is 1.19 bits per heavy atom. The Morgan fingerprint density at radius 3 is 2.22 bits per heavy atom. The Bertz CT molecular complexity index is 833. The summed E-state index contributed by atoms with van der Waals surface area (Å²) in [5, 5.41) is 3.73. The van der Waals surface area contributed by atoms with Gasteiger partial charge >= 0.3 is 0 Å². The van der Waals surface area contributed by atoms with E-state index in [1.165, 1.54) is 19.3 Å². The van der Waals surface area contributed by atoms with Crippen LogP contribution in [0.2, 0.25) is 5.02 Å². The van der Waals surface area contributed by atoms with Crippen molar-refractivity contribution in [2.75, 3.05) is 17.1 Å². The van der Waals surface area contributed by atoms with Gasteiger partial charge < -0.3 is 5.32 Å². The number of sulfonamides is 1. The van der Waals surface area contributed by atoms with Crippen LogP contribution in [0.1, 0.15) is 44.1 Å². The number of amides is 1. The summed E-state index contributed by atoms with van der Waals surface area (Å²) in [6.45, 7) is 1.65. The van der Waals surface area contributed by atoms with Crippen LogP contribution in [0.4, 0.5) is 5.69 Å². The van der Waals surface area contributed by atoms with E-state index in [9.17, 15) is 13.2 Å². The first kappa shape index (κ1) is 19.1. The highest BCUT2D eigenvalue weighted by Gasteiger charge is 2.51. The summed E-state index contributed by atoms with van der Waals surface area (Å²) >= 11 is 6.17. The lowest BCUT2D eigenvalue weighted by Gasteiger charge is -2.57. The van der Waals surface area contributed by atoms with E-state index in [0.29, 0.717) is 10.7 Å². The Labute approximate surface area is 166 Å². The van der Waals surface area contributed by atoms with E-state index in [-0.39, 0.29) is 18.0 Å². The van der Waals surface area contributed by atoms with Crippen LogP contribution in [0.3, 0.4) is 0 Å². The Morgan fingerprint density at radius 2 is 1.74 bits per heavy atom. The van der Waals surface area contributed by atoms with E-state index < -0.39 is 10.0 Å². The molecule has 4 fully saturated rings. The molecule has 0 aromatic heterocycles. The molecule has 27 heavy (non-hydrogen) atoms. The van der Waals surface area contributed by atoms with Crippen LogP contribution in [0.5, 0.6) is 0 Å². The number of hydrogen-bond donors (Lipinski definition) is 1. The number of anilines is 1. The van der Waals surface area contributed by atoms with Gasteiger partial charge in [0, 0.05) is 10.6 Å². The number of aryl methyl sites for hydroxylation is 1. The minimum Gasteiger partial charge on any atom is -0.349 e. The van der Waals surface area contributed by atoms with Crippen molar-refractivity contribution in [1.82, 2.24) is 5.32 Å². The van der Waals surface area contributed by atoms with Gasteiger partial charge in [-0.15, -0.1) is 0 Å². The number of carbonyl (C=O) groups excluding carboxylic acids is 1. The fourth-order valence-electron chi connectivity index (χ4n) is 5.87. The van der Waals surface area contributed by atoms with Gasteiger partial charge in [0.25, 0.3) is 0 Å². The number of carbonyl (C=O) groups is 1. The number of halogens is 1. The molecule has 5 nitrogen and oxygen atoms in total. The van der Waals surface area contributed by atoms with E-state index in [1.807, 2.05) is 6.92 Å². The van der Waals surface area contributed by atoms with E-state index >= 15 is 0 Å². The molecule has 1 aromatic carbocycles. The lowest BCUT2D eigenvalue weighted by molar-refractivity contribution is -0.125. The van der Waals surface area contributed by atoms with Gasteiger partial charge in [-0.25, -0.2) is 8.42 Å². The van der Waals surface area contributed by atoms with E-state index in [0.717, 1.165) is 53.1 Å². The van der Waals surface area contributed by atoms with Crippen molar-refractivity contribution in [2.45, 2.75) is 51.0 Å². The topological polar surface area (TPSA) is 66.5 Å². The largest absolute Gasteiger partial charge is 0.349 e. The molecule has 0 unspecified atom stereocenters. The monoisotopic (exact) mass is 410 g/mol. The molecule has 4 saturated carbocycles.